The first kappa shape index (κ1) is 18.7. The van der Waals surface area contributed by atoms with Crippen LogP contribution in [-0.2, 0) is 11.8 Å². The lowest BCUT2D eigenvalue weighted by atomic mass is 9.71. The Morgan fingerprint density at radius 1 is 0.929 bits per heavy atom. The number of aromatic nitrogens is 2. The maximum atomic E-state index is 6.25. The summed E-state index contributed by atoms with van der Waals surface area (Å²) < 4.78 is 0. The van der Waals surface area contributed by atoms with Crippen molar-refractivity contribution in [2.45, 2.75) is 101 Å². The minimum atomic E-state index is 0.299. The normalized spacial score (nSPS) is 29.9. The van der Waals surface area contributed by atoms with E-state index in [2.05, 4.69) is 16.8 Å². The molecule has 1 aromatic rings. The Labute approximate surface area is 170 Å². The van der Waals surface area contributed by atoms with Crippen molar-refractivity contribution < 1.29 is 0 Å². The fraction of sp³-hybridized carbons (Fsp3) is 0.826. The number of hydrogen-bond donors (Lipinski definition) is 1. The van der Waals surface area contributed by atoms with Gasteiger partial charge in [-0.1, -0.05) is 12.8 Å². The van der Waals surface area contributed by atoms with Crippen molar-refractivity contribution in [3.05, 3.63) is 11.3 Å². The monoisotopic (exact) mass is 383 g/mol. The highest BCUT2D eigenvalue weighted by Gasteiger charge is 2.42. The van der Waals surface area contributed by atoms with E-state index in [1.54, 1.807) is 0 Å². The lowest BCUT2D eigenvalue weighted by molar-refractivity contribution is 0.181. The van der Waals surface area contributed by atoms with Gasteiger partial charge in [-0.05, 0) is 83.7 Å². The summed E-state index contributed by atoms with van der Waals surface area (Å²) in [5, 5.41) is 0. The molecule has 3 fully saturated rings. The van der Waals surface area contributed by atoms with Crippen LogP contribution in [0.4, 0.5) is 11.8 Å². The first-order valence-electron chi connectivity index (χ1n) is 11.8. The summed E-state index contributed by atoms with van der Waals surface area (Å²) in [4.78, 5) is 14.8. The molecular formula is C23H37N5. The summed E-state index contributed by atoms with van der Waals surface area (Å²) >= 11 is 0. The van der Waals surface area contributed by atoms with Crippen molar-refractivity contribution in [3.63, 3.8) is 0 Å². The SMILES string of the molecule is CN(c1nc(N)nc2c1CCCC21CCCC1)C1CCC(N2CCCC2)CC1. The minimum absolute atomic E-state index is 0.299. The molecule has 0 atom stereocenters. The van der Waals surface area contributed by atoms with Crippen LogP contribution >= 0.6 is 0 Å². The van der Waals surface area contributed by atoms with E-state index < -0.39 is 0 Å². The predicted molar refractivity (Wildman–Crippen MR) is 115 cm³/mol. The quantitative estimate of drug-likeness (QED) is 0.853. The molecule has 1 saturated heterocycles. The van der Waals surface area contributed by atoms with Crippen molar-refractivity contribution in [2.24, 2.45) is 0 Å². The van der Waals surface area contributed by atoms with Crippen molar-refractivity contribution in [1.29, 1.82) is 0 Å². The Balaban J connectivity index is 1.37. The molecule has 4 aliphatic rings. The van der Waals surface area contributed by atoms with E-state index in [0.717, 1.165) is 18.3 Å². The Morgan fingerprint density at radius 3 is 2.32 bits per heavy atom. The van der Waals surface area contributed by atoms with Gasteiger partial charge in [0.15, 0.2) is 0 Å². The molecule has 2 heterocycles. The second kappa shape index (κ2) is 7.47. The maximum absolute atomic E-state index is 6.25. The minimum Gasteiger partial charge on any atom is -0.368 e. The standard InChI is InChI=1S/C23H37N5/c1-27(17-8-10-18(11-9-17)28-15-4-5-16-28)21-19-7-6-14-23(12-2-3-13-23)20(19)25-22(24)26-21/h17-18H,2-16H2,1H3,(H2,24,25,26). The van der Waals surface area contributed by atoms with Gasteiger partial charge in [0.1, 0.15) is 5.82 Å². The second-order valence-corrected chi connectivity index (χ2v) is 9.89. The van der Waals surface area contributed by atoms with E-state index in [4.69, 9.17) is 15.7 Å². The van der Waals surface area contributed by atoms with Gasteiger partial charge in [0.25, 0.3) is 0 Å². The molecule has 0 bridgehead atoms. The summed E-state index contributed by atoms with van der Waals surface area (Å²) in [6.45, 7) is 2.65. The van der Waals surface area contributed by atoms with E-state index in [0.29, 0.717) is 17.4 Å². The smallest absolute Gasteiger partial charge is 0.222 e. The second-order valence-electron chi connectivity index (χ2n) is 9.89. The van der Waals surface area contributed by atoms with Crippen LogP contribution in [0.25, 0.3) is 0 Å². The van der Waals surface area contributed by atoms with Gasteiger partial charge in [0.2, 0.25) is 5.95 Å². The Bertz CT molecular complexity index is 697. The van der Waals surface area contributed by atoms with Crippen molar-refractivity contribution in [2.75, 3.05) is 30.8 Å². The van der Waals surface area contributed by atoms with Gasteiger partial charge >= 0.3 is 0 Å². The Kier molecular flexibility index (Phi) is 4.98. The average molecular weight is 384 g/mol. The van der Waals surface area contributed by atoms with Gasteiger partial charge in [-0.2, -0.15) is 4.98 Å². The third-order valence-corrected chi connectivity index (χ3v) is 8.35. The van der Waals surface area contributed by atoms with E-state index in [1.165, 1.54) is 101 Å². The van der Waals surface area contributed by atoms with Gasteiger partial charge in [0.05, 0.1) is 5.69 Å². The number of hydrogen-bond acceptors (Lipinski definition) is 5. The largest absolute Gasteiger partial charge is 0.368 e. The number of fused-ring (bicyclic) bond motifs is 2. The molecular weight excluding hydrogens is 346 g/mol. The first-order chi connectivity index (χ1) is 13.7. The zero-order chi connectivity index (χ0) is 19.1. The van der Waals surface area contributed by atoms with E-state index >= 15 is 0 Å². The fourth-order valence-electron chi connectivity index (χ4n) is 6.80. The summed E-state index contributed by atoms with van der Waals surface area (Å²) in [5.41, 5.74) is 9.29. The number of anilines is 2. The average Bonchev–Trinajstić information content (AvgIpc) is 3.41. The molecule has 0 unspecified atom stereocenters. The topological polar surface area (TPSA) is 58.3 Å². The highest BCUT2D eigenvalue weighted by atomic mass is 15.2. The molecule has 5 nitrogen and oxygen atoms in total. The van der Waals surface area contributed by atoms with Crippen LogP contribution in [0.3, 0.4) is 0 Å². The van der Waals surface area contributed by atoms with Crippen LogP contribution in [0, 0.1) is 0 Å². The van der Waals surface area contributed by atoms with Gasteiger partial charge < -0.3 is 15.5 Å². The third-order valence-electron chi connectivity index (χ3n) is 8.35. The summed E-state index contributed by atoms with van der Waals surface area (Å²) in [5.74, 6) is 1.64. The summed E-state index contributed by atoms with van der Waals surface area (Å²) in [6, 6.07) is 1.41. The first-order valence-corrected chi connectivity index (χ1v) is 11.8. The molecule has 0 amide bonds. The number of nitrogens with two attached hydrogens (primary N) is 1. The molecule has 154 valence electrons. The molecule has 0 radical (unpaired) electrons. The zero-order valence-corrected chi connectivity index (χ0v) is 17.6. The molecule has 1 aliphatic heterocycles. The van der Waals surface area contributed by atoms with Crippen molar-refractivity contribution in [3.8, 4) is 0 Å². The Morgan fingerprint density at radius 2 is 1.61 bits per heavy atom. The molecule has 2 N–H and O–H groups in total. The number of rotatable bonds is 3. The van der Waals surface area contributed by atoms with Gasteiger partial charge in [-0.25, -0.2) is 4.98 Å². The molecule has 2 saturated carbocycles. The van der Waals surface area contributed by atoms with Gasteiger partial charge in [-0.3, -0.25) is 0 Å². The number of likely N-dealkylation sites (tertiary alicyclic amines) is 1. The molecule has 3 aliphatic carbocycles. The lowest BCUT2D eigenvalue weighted by Gasteiger charge is -2.41. The van der Waals surface area contributed by atoms with Crippen molar-refractivity contribution in [1.82, 2.24) is 14.9 Å². The molecule has 5 rings (SSSR count). The van der Waals surface area contributed by atoms with Gasteiger partial charge in [0, 0.05) is 30.1 Å². The van der Waals surface area contributed by atoms with E-state index in [9.17, 15) is 0 Å². The molecule has 1 aromatic heterocycles. The highest BCUT2D eigenvalue weighted by molar-refractivity contribution is 5.55. The number of nitrogen functional groups attached to an aromatic ring is 1. The summed E-state index contributed by atoms with van der Waals surface area (Å²) in [6.07, 6.45) is 17.0. The highest BCUT2D eigenvalue weighted by Crippen LogP contribution is 2.49. The molecule has 5 heteroatoms. The maximum Gasteiger partial charge on any atom is 0.222 e. The van der Waals surface area contributed by atoms with Crippen LogP contribution in [0.15, 0.2) is 0 Å². The van der Waals surface area contributed by atoms with E-state index in [1.807, 2.05) is 0 Å². The van der Waals surface area contributed by atoms with Crippen LogP contribution in [-0.4, -0.2) is 47.1 Å². The molecule has 1 spiro atoms. The molecule has 28 heavy (non-hydrogen) atoms. The van der Waals surface area contributed by atoms with Gasteiger partial charge in [-0.15, -0.1) is 0 Å². The molecule has 0 aromatic carbocycles. The summed E-state index contributed by atoms with van der Waals surface area (Å²) in [7, 11) is 2.26. The van der Waals surface area contributed by atoms with Crippen molar-refractivity contribution >= 4 is 11.8 Å². The zero-order valence-electron chi connectivity index (χ0n) is 17.6. The predicted octanol–water partition coefficient (Wildman–Crippen LogP) is 4.05. The Hall–Kier alpha value is -1.36. The van der Waals surface area contributed by atoms with Crippen LogP contribution in [0.5, 0.6) is 0 Å². The van der Waals surface area contributed by atoms with E-state index in [-0.39, 0.29) is 0 Å². The fourth-order valence-corrected chi connectivity index (χ4v) is 6.80. The van der Waals surface area contributed by atoms with Crippen LogP contribution < -0.4 is 10.6 Å². The lowest BCUT2D eigenvalue weighted by Crippen LogP contribution is -2.43. The number of nitrogens with zero attached hydrogens (tertiary/aromatic N) is 4. The van der Waals surface area contributed by atoms with Crippen LogP contribution in [0.1, 0.15) is 88.3 Å². The van der Waals surface area contributed by atoms with Crippen LogP contribution in [0.2, 0.25) is 0 Å². The third kappa shape index (κ3) is 3.20.